The Hall–Kier alpha value is -3.08. The molecule has 0 aliphatic rings. The molecule has 0 unspecified atom stereocenters. The fraction of sp³-hybridized carbons (Fsp3) is 0.111. The molecule has 5 heteroatoms. The maximum atomic E-state index is 12.2. The van der Waals surface area contributed by atoms with E-state index in [9.17, 15) is 9.90 Å². The van der Waals surface area contributed by atoms with E-state index in [0.717, 1.165) is 5.56 Å². The molecule has 0 aliphatic carbocycles. The van der Waals surface area contributed by atoms with Crippen molar-refractivity contribution >= 4 is 16.7 Å². The van der Waals surface area contributed by atoms with Gasteiger partial charge in [-0.1, -0.05) is 35.5 Å². The lowest BCUT2D eigenvalue weighted by Gasteiger charge is -2.07. The molecule has 5 nitrogen and oxygen atoms in total. The SMILES string of the molecule is CC(=NOc1ccccc1)c1c(O)c2cccc(C)c2oc1=O. The second kappa shape index (κ2) is 5.96. The van der Waals surface area contributed by atoms with E-state index >= 15 is 0 Å². The first-order valence-electron chi connectivity index (χ1n) is 7.10. The molecule has 0 saturated carbocycles. The Kier molecular flexibility index (Phi) is 3.85. The second-order valence-corrected chi connectivity index (χ2v) is 5.15. The molecule has 3 aromatic rings. The number of fused-ring (bicyclic) bond motifs is 1. The molecule has 0 atom stereocenters. The summed E-state index contributed by atoms with van der Waals surface area (Å²) in [6.07, 6.45) is 0. The summed E-state index contributed by atoms with van der Waals surface area (Å²) in [5.41, 5.74) is 0.733. The Bertz CT molecular complexity index is 942. The highest BCUT2D eigenvalue weighted by Gasteiger charge is 2.17. The van der Waals surface area contributed by atoms with E-state index < -0.39 is 5.63 Å². The van der Waals surface area contributed by atoms with Gasteiger partial charge in [-0.05, 0) is 37.6 Å². The average molecular weight is 309 g/mol. The van der Waals surface area contributed by atoms with E-state index in [1.165, 1.54) is 0 Å². The predicted octanol–water partition coefficient (Wildman–Crippen LogP) is 3.61. The molecule has 0 bridgehead atoms. The monoisotopic (exact) mass is 309 g/mol. The lowest BCUT2D eigenvalue weighted by molar-refractivity contribution is 0.340. The quantitative estimate of drug-likeness (QED) is 0.456. The van der Waals surface area contributed by atoms with Crippen molar-refractivity contribution < 1.29 is 14.4 Å². The Morgan fingerprint density at radius 2 is 1.87 bits per heavy atom. The molecule has 3 rings (SSSR count). The van der Waals surface area contributed by atoms with Crippen LogP contribution in [0.1, 0.15) is 18.1 Å². The van der Waals surface area contributed by atoms with Crippen LogP contribution in [0.25, 0.3) is 11.0 Å². The number of rotatable bonds is 3. The molecule has 0 aliphatic heterocycles. The second-order valence-electron chi connectivity index (χ2n) is 5.15. The summed E-state index contributed by atoms with van der Waals surface area (Å²) in [4.78, 5) is 17.5. The smallest absolute Gasteiger partial charge is 0.349 e. The number of para-hydroxylation sites is 2. The van der Waals surface area contributed by atoms with Crippen LogP contribution in [0.2, 0.25) is 0 Å². The Morgan fingerprint density at radius 3 is 2.61 bits per heavy atom. The van der Waals surface area contributed by atoms with Crippen LogP contribution in [0.5, 0.6) is 11.5 Å². The van der Waals surface area contributed by atoms with Gasteiger partial charge in [0.2, 0.25) is 0 Å². The van der Waals surface area contributed by atoms with Crippen molar-refractivity contribution in [3.05, 3.63) is 70.1 Å². The minimum absolute atomic E-state index is 0.000897. The zero-order valence-electron chi connectivity index (χ0n) is 12.7. The van der Waals surface area contributed by atoms with Gasteiger partial charge in [-0.3, -0.25) is 0 Å². The number of nitrogens with zero attached hydrogens (tertiary/aromatic N) is 1. The van der Waals surface area contributed by atoms with Crippen molar-refractivity contribution in [1.29, 1.82) is 0 Å². The number of aromatic hydroxyl groups is 1. The summed E-state index contributed by atoms with van der Waals surface area (Å²) in [5, 5.41) is 14.8. The lowest BCUT2D eigenvalue weighted by atomic mass is 10.1. The van der Waals surface area contributed by atoms with Gasteiger partial charge < -0.3 is 14.4 Å². The summed E-state index contributed by atoms with van der Waals surface area (Å²) in [6, 6.07) is 14.2. The number of benzene rings is 2. The number of hydrogen-bond acceptors (Lipinski definition) is 5. The van der Waals surface area contributed by atoms with Crippen LogP contribution in [0.15, 0.2) is 62.9 Å². The van der Waals surface area contributed by atoms with Crippen molar-refractivity contribution in [2.75, 3.05) is 0 Å². The third-order valence-corrected chi connectivity index (χ3v) is 3.50. The number of aryl methyl sites for hydroxylation is 1. The van der Waals surface area contributed by atoms with Crippen LogP contribution >= 0.6 is 0 Å². The molecule has 1 N–H and O–H groups in total. The first kappa shape index (κ1) is 14.8. The van der Waals surface area contributed by atoms with E-state index in [1.54, 1.807) is 31.2 Å². The van der Waals surface area contributed by atoms with Crippen molar-refractivity contribution in [1.82, 2.24) is 0 Å². The molecule has 23 heavy (non-hydrogen) atoms. The highest BCUT2D eigenvalue weighted by atomic mass is 16.6. The zero-order valence-corrected chi connectivity index (χ0v) is 12.7. The molecule has 0 amide bonds. The van der Waals surface area contributed by atoms with Gasteiger partial charge in [0.15, 0.2) is 5.75 Å². The molecule has 0 spiro atoms. The van der Waals surface area contributed by atoms with Gasteiger partial charge in [-0.2, -0.15) is 0 Å². The fourth-order valence-corrected chi connectivity index (χ4v) is 2.32. The van der Waals surface area contributed by atoms with Gasteiger partial charge in [0, 0.05) is 0 Å². The molecule has 1 heterocycles. The Morgan fingerprint density at radius 1 is 1.13 bits per heavy atom. The van der Waals surface area contributed by atoms with Crippen LogP contribution in [0.4, 0.5) is 0 Å². The summed E-state index contributed by atoms with van der Waals surface area (Å²) < 4.78 is 5.33. The standard InChI is InChI=1S/C18H15NO4/c1-11-7-6-10-14-16(20)15(18(21)22-17(11)14)12(2)19-23-13-8-4-3-5-9-13/h3-10,20H,1-2H3. The lowest BCUT2D eigenvalue weighted by Crippen LogP contribution is -2.14. The molecule has 2 aromatic carbocycles. The topological polar surface area (TPSA) is 72.0 Å². The summed E-state index contributed by atoms with van der Waals surface area (Å²) >= 11 is 0. The van der Waals surface area contributed by atoms with E-state index in [-0.39, 0.29) is 17.0 Å². The van der Waals surface area contributed by atoms with E-state index in [1.807, 2.05) is 31.2 Å². The maximum Gasteiger partial charge on any atom is 0.349 e. The molecule has 0 radical (unpaired) electrons. The van der Waals surface area contributed by atoms with Gasteiger partial charge in [-0.25, -0.2) is 4.79 Å². The summed E-state index contributed by atoms with van der Waals surface area (Å²) in [6.45, 7) is 3.39. The molecule has 0 fully saturated rings. The Labute approximate surface area is 132 Å². The van der Waals surface area contributed by atoms with Crippen molar-refractivity contribution in [2.45, 2.75) is 13.8 Å². The number of oxime groups is 1. The maximum absolute atomic E-state index is 12.2. The molecular weight excluding hydrogens is 294 g/mol. The van der Waals surface area contributed by atoms with E-state index in [0.29, 0.717) is 16.7 Å². The normalized spacial score (nSPS) is 11.7. The van der Waals surface area contributed by atoms with Crippen LogP contribution in [-0.4, -0.2) is 10.8 Å². The highest BCUT2D eigenvalue weighted by molar-refractivity contribution is 6.04. The summed E-state index contributed by atoms with van der Waals surface area (Å²) in [7, 11) is 0. The first-order chi connectivity index (χ1) is 11.1. The van der Waals surface area contributed by atoms with Crippen molar-refractivity contribution in [3.8, 4) is 11.5 Å². The third-order valence-electron chi connectivity index (χ3n) is 3.50. The Balaban J connectivity index is 2.07. The highest BCUT2D eigenvalue weighted by Crippen LogP contribution is 2.28. The molecule has 0 saturated heterocycles. The van der Waals surface area contributed by atoms with Gasteiger partial charge in [0.05, 0.1) is 11.1 Å². The predicted molar refractivity (Wildman–Crippen MR) is 88.2 cm³/mol. The minimum Gasteiger partial charge on any atom is -0.506 e. The van der Waals surface area contributed by atoms with Crippen molar-refractivity contribution in [3.63, 3.8) is 0 Å². The third kappa shape index (κ3) is 2.81. The average Bonchev–Trinajstić information content (AvgIpc) is 2.55. The van der Waals surface area contributed by atoms with Crippen LogP contribution < -0.4 is 10.5 Å². The van der Waals surface area contributed by atoms with E-state index in [4.69, 9.17) is 9.25 Å². The van der Waals surface area contributed by atoms with Crippen LogP contribution in [0, 0.1) is 6.92 Å². The largest absolute Gasteiger partial charge is 0.506 e. The van der Waals surface area contributed by atoms with Crippen LogP contribution in [-0.2, 0) is 0 Å². The van der Waals surface area contributed by atoms with Crippen molar-refractivity contribution in [2.24, 2.45) is 5.16 Å². The minimum atomic E-state index is -0.651. The summed E-state index contributed by atoms with van der Waals surface area (Å²) in [5.74, 6) is 0.380. The van der Waals surface area contributed by atoms with Gasteiger partial charge in [-0.15, -0.1) is 0 Å². The van der Waals surface area contributed by atoms with Gasteiger partial charge in [0.1, 0.15) is 16.9 Å². The van der Waals surface area contributed by atoms with Crippen LogP contribution in [0.3, 0.4) is 0 Å². The van der Waals surface area contributed by atoms with E-state index in [2.05, 4.69) is 5.16 Å². The number of hydrogen-bond donors (Lipinski definition) is 1. The first-order valence-corrected chi connectivity index (χ1v) is 7.10. The molecule has 1 aromatic heterocycles. The molecule has 116 valence electrons. The van der Waals surface area contributed by atoms with Gasteiger partial charge >= 0.3 is 5.63 Å². The van der Waals surface area contributed by atoms with Gasteiger partial charge in [0.25, 0.3) is 0 Å². The molecular formula is C18H15NO4. The fourth-order valence-electron chi connectivity index (χ4n) is 2.32. The zero-order chi connectivity index (χ0) is 16.4.